The van der Waals surface area contributed by atoms with Gasteiger partial charge in [0.05, 0.1) is 12.2 Å². The highest BCUT2D eigenvalue weighted by Crippen LogP contribution is 2.15. The van der Waals surface area contributed by atoms with Crippen LogP contribution in [0.1, 0.15) is 13.3 Å². The quantitative estimate of drug-likeness (QED) is 0.698. The molecule has 0 radical (unpaired) electrons. The zero-order valence-electron chi connectivity index (χ0n) is 10.7. The standard InChI is InChI=1S/C12H21NO4/c1-4-9(12(14)15)5-6-13-7-10(16-2)11(8-13)17-3/h5,10-11H,4,6-8H2,1-3H3,(H,14,15). The molecule has 0 saturated carbocycles. The molecule has 0 aromatic carbocycles. The van der Waals surface area contributed by atoms with Gasteiger partial charge in [0.25, 0.3) is 0 Å². The second-order valence-corrected chi connectivity index (χ2v) is 4.15. The van der Waals surface area contributed by atoms with Crippen molar-refractivity contribution in [3.8, 4) is 0 Å². The van der Waals surface area contributed by atoms with Crippen LogP contribution in [0.15, 0.2) is 11.6 Å². The number of ether oxygens (including phenoxy) is 2. The van der Waals surface area contributed by atoms with E-state index in [9.17, 15) is 4.79 Å². The molecule has 17 heavy (non-hydrogen) atoms. The van der Waals surface area contributed by atoms with Gasteiger partial charge in [-0.25, -0.2) is 4.79 Å². The first-order valence-electron chi connectivity index (χ1n) is 5.82. The van der Waals surface area contributed by atoms with E-state index in [4.69, 9.17) is 14.6 Å². The number of carboxylic acid groups (broad SMARTS) is 1. The molecule has 0 amide bonds. The van der Waals surface area contributed by atoms with Crippen molar-refractivity contribution < 1.29 is 19.4 Å². The summed E-state index contributed by atoms with van der Waals surface area (Å²) in [5, 5.41) is 8.91. The number of carbonyl (C=O) groups is 1. The second-order valence-electron chi connectivity index (χ2n) is 4.15. The molecule has 1 saturated heterocycles. The van der Waals surface area contributed by atoms with E-state index in [1.807, 2.05) is 6.92 Å². The van der Waals surface area contributed by atoms with Gasteiger partial charge in [0.15, 0.2) is 0 Å². The Morgan fingerprint density at radius 2 is 1.88 bits per heavy atom. The summed E-state index contributed by atoms with van der Waals surface area (Å²) < 4.78 is 10.6. The molecular weight excluding hydrogens is 222 g/mol. The van der Waals surface area contributed by atoms with Crippen molar-refractivity contribution in [1.29, 1.82) is 0 Å². The smallest absolute Gasteiger partial charge is 0.331 e. The highest BCUT2D eigenvalue weighted by molar-refractivity contribution is 5.86. The molecule has 1 N–H and O–H groups in total. The highest BCUT2D eigenvalue weighted by atomic mass is 16.5. The van der Waals surface area contributed by atoms with E-state index in [1.54, 1.807) is 20.3 Å². The van der Waals surface area contributed by atoms with Gasteiger partial charge >= 0.3 is 5.97 Å². The molecule has 5 nitrogen and oxygen atoms in total. The largest absolute Gasteiger partial charge is 0.478 e. The first-order valence-corrected chi connectivity index (χ1v) is 5.82. The predicted octanol–water partition coefficient (Wildman–Crippen LogP) is 0.753. The lowest BCUT2D eigenvalue weighted by Crippen LogP contribution is -2.27. The van der Waals surface area contributed by atoms with Crippen LogP contribution in [0.5, 0.6) is 0 Å². The molecule has 1 heterocycles. The fraction of sp³-hybridized carbons (Fsp3) is 0.750. The molecule has 1 aliphatic rings. The predicted molar refractivity (Wildman–Crippen MR) is 64.0 cm³/mol. The van der Waals surface area contributed by atoms with Crippen molar-refractivity contribution in [2.45, 2.75) is 25.6 Å². The van der Waals surface area contributed by atoms with Crippen LogP contribution in [0.2, 0.25) is 0 Å². The van der Waals surface area contributed by atoms with Gasteiger partial charge in [-0.3, -0.25) is 4.90 Å². The number of hydrogen-bond acceptors (Lipinski definition) is 4. The third kappa shape index (κ3) is 3.80. The van der Waals surface area contributed by atoms with Gasteiger partial charge < -0.3 is 14.6 Å². The van der Waals surface area contributed by atoms with E-state index in [1.165, 1.54) is 0 Å². The summed E-state index contributed by atoms with van der Waals surface area (Å²) >= 11 is 0. The normalized spacial score (nSPS) is 26.4. The van der Waals surface area contributed by atoms with Crippen molar-refractivity contribution in [2.75, 3.05) is 33.9 Å². The van der Waals surface area contributed by atoms with Crippen LogP contribution in [-0.4, -0.2) is 62.0 Å². The maximum absolute atomic E-state index is 10.8. The Morgan fingerprint density at radius 1 is 1.35 bits per heavy atom. The monoisotopic (exact) mass is 243 g/mol. The summed E-state index contributed by atoms with van der Waals surface area (Å²) in [6, 6.07) is 0. The molecule has 5 heteroatoms. The maximum Gasteiger partial charge on any atom is 0.331 e. The molecular formula is C12H21NO4. The summed E-state index contributed by atoms with van der Waals surface area (Å²) in [6.07, 6.45) is 2.46. The first-order chi connectivity index (χ1) is 8.12. The van der Waals surface area contributed by atoms with Crippen molar-refractivity contribution in [3.63, 3.8) is 0 Å². The number of nitrogens with zero attached hydrogens (tertiary/aromatic N) is 1. The van der Waals surface area contributed by atoms with E-state index in [-0.39, 0.29) is 12.2 Å². The number of hydrogen-bond donors (Lipinski definition) is 1. The minimum Gasteiger partial charge on any atom is -0.478 e. The molecule has 2 unspecified atom stereocenters. The molecule has 1 fully saturated rings. The Labute approximate surface area is 102 Å². The molecule has 0 aromatic heterocycles. The van der Waals surface area contributed by atoms with Crippen LogP contribution in [0.3, 0.4) is 0 Å². The zero-order chi connectivity index (χ0) is 12.8. The van der Waals surface area contributed by atoms with Crippen LogP contribution < -0.4 is 0 Å². The van der Waals surface area contributed by atoms with Gasteiger partial charge in [-0.05, 0) is 6.42 Å². The van der Waals surface area contributed by atoms with Crippen molar-refractivity contribution >= 4 is 5.97 Å². The van der Waals surface area contributed by atoms with E-state index < -0.39 is 5.97 Å². The van der Waals surface area contributed by atoms with Gasteiger partial charge in [-0.2, -0.15) is 0 Å². The average Bonchev–Trinajstić information content (AvgIpc) is 2.71. The van der Waals surface area contributed by atoms with Gasteiger partial charge in [0, 0.05) is 39.4 Å². The van der Waals surface area contributed by atoms with Crippen molar-refractivity contribution in [1.82, 2.24) is 4.90 Å². The first kappa shape index (κ1) is 14.2. The van der Waals surface area contributed by atoms with Gasteiger partial charge in [-0.1, -0.05) is 13.0 Å². The van der Waals surface area contributed by atoms with Crippen LogP contribution in [0.25, 0.3) is 0 Å². The molecule has 2 atom stereocenters. The summed E-state index contributed by atoms with van der Waals surface area (Å²) in [6.45, 7) is 4.04. The Kier molecular flexibility index (Phi) is 5.61. The Hall–Kier alpha value is -0.910. The summed E-state index contributed by atoms with van der Waals surface area (Å²) in [7, 11) is 3.34. The molecule has 1 aliphatic heterocycles. The van der Waals surface area contributed by atoms with Crippen LogP contribution in [0, 0.1) is 0 Å². The van der Waals surface area contributed by atoms with E-state index >= 15 is 0 Å². The van der Waals surface area contributed by atoms with Crippen molar-refractivity contribution in [3.05, 3.63) is 11.6 Å². The van der Waals surface area contributed by atoms with Crippen molar-refractivity contribution in [2.24, 2.45) is 0 Å². The molecule has 1 rings (SSSR count). The van der Waals surface area contributed by atoms with Crippen LogP contribution >= 0.6 is 0 Å². The zero-order valence-corrected chi connectivity index (χ0v) is 10.7. The molecule has 0 spiro atoms. The second kappa shape index (κ2) is 6.74. The summed E-state index contributed by atoms with van der Waals surface area (Å²) in [5.74, 6) is -0.835. The van der Waals surface area contributed by atoms with E-state index in [2.05, 4.69) is 4.90 Å². The number of methoxy groups -OCH3 is 2. The third-order valence-electron chi connectivity index (χ3n) is 3.15. The maximum atomic E-state index is 10.8. The Morgan fingerprint density at radius 3 is 2.24 bits per heavy atom. The lowest BCUT2D eigenvalue weighted by Gasteiger charge is -2.13. The fourth-order valence-electron chi connectivity index (χ4n) is 2.04. The van der Waals surface area contributed by atoms with Crippen LogP contribution in [-0.2, 0) is 14.3 Å². The third-order valence-corrected chi connectivity index (χ3v) is 3.15. The molecule has 98 valence electrons. The molecule has 0 aliphatic carbocycles. The fourth-order valence-corrected chi connectivity index (χ4v) is 2.04. The topological polar surface area (TPSA) is 59.0 Å². The minimum absolute atomic E-state index is 0.0725. The van der Waals surface area contributed by atoms with Crippen LogP contribution in [0.4, 0.5) is 0 Å². The van der Waals surface area contributed by atoms with E-state index in [0.29, 0.717) is 18.5 Å². The Balaban J connectivity index is 2.51. The summed E-state index contributed by atoms with van der Waals surface area (Å²) in [5.41, 5.74) is 0.458. The van der Waals surface area contributed by atoms with E-state index in [0.717, 1.165) is 13.1 Å². The number of likely N-dealkylation sites (tertiary alicyclic amines) is 1. The van der Waals surface area contributed by atoms with Gasteiger partial charge in [-0.15, -0.1) is 0 Å². The number of carboxylic acids is 1. The lowest BCUT2D eigenvalue weighted by molar-refractivity contribution is -0.132. The van der Waals surface area contributed by atoms with Gasteiger partial charge in [0.2, 0.25) is 0 Å². The number of aliphatic carboxylic acids is 1. The summed E-state index contributed by atoms with van der Waals surface area (Å²) in [4.78, 5) is 13.0. The van der Waals surface area contributed by atoms with Gasteiger partial charge in [0.1, 0.15) is 0 Å². The minimum atomic E-state index is -0.835. The highest BCUT2D eigenvalue weighted by Gasteiger charge is 2.32. The number of rotatable bonds is 6. The average molecular weight is 243 g/mol. The SMILES string of the molecule is CCC(=CCN1CC(OC)C(OC)C1)C(=O)O. The Bertz CT molecular complexity index is 278. The lowest BCUT2D eigenvalue weighted by atomic mass is 10.2. The molecule has 0 aromatic rings. The molecule has 0 bridgehead atoms.